The van der Waals surface area contributed by atoms with Crippen LogP contribution in [0, 0.1) is 68.0 Å². The van der Waals surface area contributed by atoms with Gasteiger partial charge in [0.2, 0.25) is 5.91 Å². The molecule has 0 radical (unpaired) electrons. The van der Waals surface area contributed by atoms with Gasteiger partial charge in [-0.05, 0) is 91.9 Å². The molecule has 0 spiro atoms. The lowest BCUT2D eigenvalue weighted by atomic mass is 9.33. The lowest BCUT2D eigenvalue weighted by molar-refractivity contribution is -0.188. The van der Waals surface area contributed by atoms with Crippen molar-refractivity contribution in [1.29, 1.82) is 5.26 Å². The molecule has 0 bridgehead atoms. The smallest absolute Gasteiger partial charge is 0.229 e. The van der Waals surface area contributed by atoms with E-state index in [9.17, 15) is 19.6 Å². The van der Waals surface area contributed by atoms with Crippen LogP contribution in [-0.4, -0.2) is 35.5 Å². The average molecular weight is 545 g/mol. The molecule has 6 rings (SSSR count). The molecular formula is C35H48N2O3. The summed E-state index contributed by atoms with van der Waals surface area (Å²) < 4.78 is 0. The first-order chi connectivity index (χ1) is 18.7. The molecule has 5 nitrogen and oxygen atoms in total. The van der Waals surface area contributed by atoms with Crippen molar-refractivity contribution in [2.45, 2.75) is 99.8 Å². The number of fused-ring (bicyclic) bond motifs is 7. The largest absolute Gasteiger partial charge is 0.342 e. The Morgan fingerprint density at radius 3 is 2.30 bits per heavy atom. The second kappa shape index (κ2) is 8.65. The quantitative estimate of drug-likeness (QED) is 0.369. The molecule has 0 aromatic rings. The number of amides is 1. The first-order valence-electron chi connectivity index (χ1n) is 15.9. The van der Waals surface area contributed by atoms with Crippen LogP contribution in [0.3, 0.4) is 0 Å². The third kappa shape index (κ3) is 3.23. The van der Waals surface area contributed by atoms with Gasteiger partial charge in [0.25, 0.3) is 0 Å². The van der Waals surface area contributed by atoms with Gasteiger partial charge in [-0.25, -0.2) is 0 Å². The van der Waals surface area contributed by atoms with Crippen LogP contribution in [0.15, 0.2) is 23.3 Å². The molecule has 9 atom stereocenters. The zero-order valence-corrected chi connectivity index (χ0v) is 25.7. The minimum Gasteiger partial charge on any atom is -0.342 e. The van der Waals surface area contributed by atoms with Crippen molar-refractivity contribution >= 4 is 17.5 Å². The second-order valence-corrected chi connectivity index (χ2v) is 15.8. The molecule has 3 saturated carbocycles. The molecular weight excluding hydrogens is 496 g/mol. The van der Waals surface area contributed by atoms with Crippen molar-refractivity contribution in [3.63, 3.8) is 0 Å². The molecule has 1 saturated heterocycles. The van der Waals surface area contributed by atoms with E-state index >= 15 is 0 Å². The van der Waals surface area contributed by atoms with E-state index in [4.69, 9.17) is 0 Å². The first kappa shape index (κ1) is 27.9. The maximum atomic E-state index is 14.7. The molecule has 4 fully saturated rings. The summed E-state index contributed by atoms with van der Waals surface area (Å²) >= 11 is 0. The van der Waals surface area contributed by atoms with E-state index < -0.39 is 16.2 Å². The van der Waals surface area contributed by atoms with Gasteiger partial charge in [0.15, 0.2) is 11.6 Å². The third-order valence-electron chi connectivity index (χ3n) is 14.1. The number of nitrogens with zero attached hydrogens (tertiary/aromatic N) is 2. The number of Topliss-reactive ketones (excluding diaryl/α,β-unsaturated/α-hetero) is 1. The van der Waals surface area contributed by atoms with E-state index in [1.807, 2.05) is 26.0 Å². The number of carbonyl (C=O) groups is 3. The Labute approximate surface area is 240 Å². The maximum absolute atomic E-state index is 14.7. The van der Waals surface area contributed by atoms with E-state index in [0.29, 0.717) is 17.7 Å². The van der Waals surface area contributed by atoms with E-state index in [1.54, 1.807) is 0 Å². The van der Waals surface area contributed by atoms with Crippen LogP contribution in [0.5, 0.6) is 0 Å². The van der Waals surface area contributed by atoms with Crippen LogP contribution >= 0.6 is 0 Å². The van der Waals surface area contributed by atoms with Crippen LogP contribution in [-0.2, 0) is 14.4 Å². The van der Waals surface area contributed by atoms with E-state index in [0.717, 1.165) is 70.0 Å². The second-order valence-electron chi connectivity index (χ2n) is 15.8. The summed E-state index contributed by atoms with van der Waals surface area (Å²) in [5.74, 6) is 1.14. The van der Waals surface area contributed by atoms with Crippen molar-refractivity contribution in [3.8, 4) is 6.07 Å². The summed E-state index contributed by atoms with van der Waals surface area (Å²) in [4.78, 5) is 44.5. The molecule has 0 N–H and O–H groups in total. The summed E-state index contributed by atoms with van der Waals surface area (Å²) in [6.45, 7) is 17.2. The fourth-order valence-corrected chi connectivity index (χ4v) is 11.5. The molecule has 216 valence electrons. The summed E-state index contributed by atoms with van der Waals surface area (Å²) in [6.07, 6.45) is 11.5. The topological polar surface area (TPSA) is 78.2 Å². The Bertz CT molecular complexity index is 1280. The molecule has 0 aromatic heterocycles. The Balaban J connectivity index is 1.52. The van der Waals surface area contributed by atoms with Crippen molar-refractivity contribution in [2.75, 3.05) is 13.1 Å². The van der Waals surface area contributed by atoms with Crippen molar-refractivity contribution < 1.29 is 14.4 Å². The summed E-state index contributed by atoms with van der Waals surface area (Å²) in [5.41, 5.74) is -0.775. The summed E-state index contributed by atoms with van der Waals surface area (Å²) in [7, 11) is 0. The van der Waals surface area contributed by atoms with Crippen molar-refractivity contribution in [3.05, 3.63) is 23.3 Å². The number of hydrogen-bond donors (Lipinski definition) is 0. The number of nitriles is 1. The lowest BCUT2D eigenvalue weighted by Crippen LogP contribution is -2.67. The van der Waals surface area contributed by atoms with Crippen LogP contribution in [0.2, 0.25) is 0 Å². The van der Waals surface area contributed by atoms with Crippen molar-refractivity contribution in [1.82, 2.24) is 4.90 Å². The van der Waals surface area contributed by atoms with E-state index in [2.05, 4.69) is 45.6 Å². The SMILES string of the molecule is C[C@@H]1[C@H]2[C@H]3C(=O)C=C4[C@@]5(C)C=C(C#N)C(=O)C(C)(C)[C@@H]5CC[C@@]4(C)[C@]3(C)CC[C@@]2(C(=O)N2CCCC2)CC[C@H]1C. The van der Waals surface area contributed by atoms with E-state index in [-0.39, 0.29) is 45.7 Å². The van der Waals surface area contributed by atoms with Crippen LogP contribution < -0.4 is 0 Å². The highest BCUT2D eigenvalue weighted by atomic mass is 16.2. The minimum atomic E-state index is -0.658. The fraction of sp³-hybridized carbons (Fsp3) is 0.771. The number of carbonyl (C=O) groups excluding carboxylic acids is 3. The Hall–Kier alpha value is -2.22. The van der Waals surface area contributed by atoms with Crippen LogP contribution in [0.4, 0.5) is 0 Å². The Kier molecular flexibility index (Phi) is 6.04. The number of allylic oxidation sites excluding steroid dienone is 4. The Morgan fingerprint density at radius 2 is 1.65 bits per heavy atom. The molecule has 1 amide bonds. The third-order valence-corrected chi connectivity index (χ3v) is 14.1. The molecule has 0 unspecified atom stereocenters. The van der Waals surface area contributed by atoms with E-state index in [1.165, 1.54) is 0 Å². The molecule has 1 aliphatic heterocycles. The number of ketones is 2. The molecule has 40 heavy (non-hydrogen) atoms. The van der Waals surface area contributed by atoms with Gasteiger partial charge in [0, 0.05) is 29.8 Å². The Morgan fingerprint density at radius 1 is 0.975 bits per heavy atom. The first-order valence-corrected chi connectivity index (χ1v) is 15.9. The minimum absolute atomic E-state index is 0.0462. The fourth-order valence-electron chi connectivity index (χ4n) is 11.5. The molecule has 1 heterocycles. The predicted molar refractivity (Wildman–Crippen MR) is 155 cm³/mol. The zero-order chi connectivity index (χ0) is 29.0. The standard InChI is InChI=1S/C35H48N2O3/c1-21-10-13-35(30(40)37-16-8-9-17-37)15-14-34(7)28(27(35)22(21)2)24(38)18-26-32(5)19-23(20-36)29(39)31(3,4)25(32)11-12-33(26,34)6/h18-19,21-22,25,27-28H,8-17H2,1-7H3/t21-,22+,25+,27+,28-,32+,33-,34-,35+/m1/s1. The van der Waals surface area contributed by atoms with Gasteiger partial charge in [-0.1, -0.05) is 60.1 Å². The molecule has 0 aromatic carbocycles. The maximum Gasteiger partial charge on any atom is 0.229 e. The zero-order valence-electron chi connectivity index (χ0n) is 25.7. The van der Waals surface area contributed by atoms with Gasteiger partial charge in [0.05, 0.1) is 11.0 Å². The highest BCUT2D eigenvalue weighted by Crippen LogP contribution is 2.74. The molecule has 5 heteroatoms. The van der Waals surface area contributed by atoms with Gasteiger partial charge in [-0.15, -0.1) is 0 Å². The number of hydrogen-bond acceptors (Lipinski definition) is 4. The summed E-state index contributed by atoms with van der Waals surface area (Å²) in [5, 5.41) is 9.94. The van der Waals surface area contributed by atoms with Gasteiger partial charge in [-0.2, -0.15) is 5.26 Å². The highest BCUT2D eigenvalue weighted by Gasteiger charge is 2.71. The van der Waals surface area contributed by atoms with Gasteiger partial charge < -0.3 is 4.90 Å². The molecule has 6 aliphatic rings. The van der Waals surface area contributed by atoms with Gasteiger partial charge in [-0.3, -0.25) is 14.4 Å². The number of rotatable bonds is 1. The number of likely N-dealkylation sites (tertiary alicyclic amines) is 1. The van der Waals surface area contributed by atoms with Crippen LogP contribution in [0.1, 0.15) is 99.8 Å². The lowest BCUT2D eigenvalue weighted by Gasteiger charge is -2.69. The van der Waals surface area contributed by atoms with Gasteiger partial charge >= 0.3 is 0 Å². The van der Waals surface area contributed by atoms with Crippen molar-refractivity contribution in [2.24, 2.45) is 56.7 Å². The normalized spacial score (nSPS) is 47.6. The highest BCUT2D eigenvalue weighted by molar-refractivity contribution is 6.04. The van der Waals surface area contributed by atoms with Gasteiger partial charge in [0.1, 0.15) is 6.07 Å². The monoisotopic (exact) mass is 544 g/mol. The molecule has 5 aliphatic carbocycles. The summed E-state index contributed by atoms with van der Waals surface area (Å²) in [6, 6.07) is 2.20. The average Bonchev–Trinajstić information content (AvgIpc) is 3.45. The van der Waals surface area contributed by atoms with Crippen LogP contribution in [0.25, 0.3) is 0 Å². The predicted octanol–water partition coefficient (Wildman–Crippen LogP) is 6.68.